The van der Waals surface area contributed by atoms with Crippen molar-refractivity contribution in [3.05, 3.63) is 36.2 Å². The number of amides is 1. The summed E-state index contributed by atoms with van der Waals surface area (Å²) in [5.74, 6) is -0.465. The molecule has 3 N–H and O–H groups in total. The predicted molar refractivity (Wildman–Crippen MR) is 85.1 cm³/mol. The minimum Gasteiger partial charge on any atom is -0.493 e. The zero-order chi connectivity index (χ0) is 19.3. The molecule has 0 radical (unpaired) electrons. The Kier molecular flexibility index (Phi) is 6.10. The first kappa shape index (κ1) is 19.6. The molecule has 1 aromatic heterocycles. The van der Waals surface area contributed by atoms with Crippen molar-refractivity contribution in [2.24, 2.45) is 5.14 Å². The van der Waals surface area contributed by atoms with E-state index in [1.807, 2.05) is 0 Å². The first-order valence-electron chi connectivity index (χ1n) is 7.12. The Bertz CT molecular complexity index is 885. The van der Waals surface area contributed by atoms with E-state index in [4.69, 9.17) is 9.88 Å². The van der Waals surface area contributed by atoms with Crippen molar-refractivity contribution in [2.75, 3.05) is 7.11 Å². The first-order valence-corrected chi connectivity index (χ1v) is 8.67. The normalized spacial score (nSPS) is 11.4. The molecule has 0 spiro atoms. The van der Waals surface area contributed by atoms with Gasteiger partial charge in [-0.1, -0.05) is 6.07 Å². The van der Waals surface area contributed by atoms with E-state index in [0.717, 1.165) is 17.1 Å². The smallest absolute Gasteiger partial charge is 0.387 e. The number of nitrogens with one attached hydrogen (secondary N) is 1. The molecule has 12 heteroatoms. The zero-order valence-corrected chi connectivity index (χ0v) is 14.4. The largest absolute Gasteiger partial charge is 0.493 e. The molecule has 0 saturated carbocycles. The second-order valence-electron chi connectivity index (χ2n) is 5.06. The summed E-state index contributed by atoms with van der Waals surface area (Å²) in [6.45, 7) is -3.11. The van der Waals surface area contributed by atoms with E-state index in [1.54, 1.807) is 0 Å². The van der Waals surface area contributed by atoms with E-state index in [9.17, 15) is 22.0 Å². The van der Waals surface area contributed by atoms with Crippen molar-refractivity contribution >= 4 is 15.9 Å². The van der Waals surface area contributed by atoms with Crippen LogP contribution >= 0.6 is 0 Å². The van der Waals surface area contributed by atoms with Gasteiger partial charge in [-0.05, 0) is 17.7 Å². The van der Waals surface area contributed by atoms with Crippen molar-refractivity contribution in [3.8, 4) is 11.5 Å². The fourth-order valence-electron chi connectivity index (χ4n) is 2.00. The summed E-state index contributed by atoms with van der Waals surface area (Å²) in [6.07, 6.45) is 2.17. The van der Waals surface area contributed by atoms with Gasteiger partial charge in [0.1, 0.15) is 11.4 Å². The molecule has 2 aromatic rings. The Morgan fingerprint density at radius 2 is 2.12 bits per heavy atom. The number of benzene rings is 1. The molecule has 1 heterocycles. The standard InChI is InChI=1S/C14H16F2N4O5S/c1-24-12-4-9(2-3-11(12)25-14(15)16)5-18-13(21)8-20-7-10(6-19-20)26(17,22)23/h2-4,6-7,14H,5,8H2,1H3,(H,18,21)(H2,17,22,23). The van der Waals surface area contributed by atoms with Gasteiger partial charge >= 0.3 is 6.61 Å². The Morgan fingerprint density at radius 3 is 2.69 bits per heavy atom. The zero-order valence-electron chi connectivity index (χ0n) is 13.6. The van der Waals surface area contributed by atoms with Crippen LogP contribution in [0.1, 0.15) is 5.56 Å². The van der Waals surface area contributed by atoms with Gasteiger partial charge in [-0.25, -0.2) is 13.6 Å². The predicted octanol–water partition coefficient (Wildman–Crippen LogP) is 0.457. The van der Waals surface area contributed by atoms with Crippen molar-refractivity contribution in [1.82, 2.24) is 15.1 Å². The number of hydrogen-bond donors (Lipinski definition) is 2. The lowest BCUT2D eigenvalue weighted by molar-refractivity contribution is -0.122. The Hall–Kier alpha value is -2.73. The molecule has 0 aliphatic carbocycles. The van der Waals surface area contributed by atoms with E-state index in [1.165, 1.54) is 25.3 Å². The van der Waals surface area contributed by atoms with Crippen LogP contribution in [0.5, 0.6) is 11.5 Å². The molecule has 1 aromatic carbocycles. The van der Waals surface area contributed by atoms with E-state index >= 15 is 0 Å². The third-order valence-electron chi connectivity index (χ3n) is 3.18. The average molecular weight is 390 g/mol. The van der Waals surface area contributed by atoms with Crippen LogP contribution in [-0.4, -0.2) is 37.8 Å². The summed E-state index contributed by atoms with van der Waals surface area (Å²) < 4.78 is 57.3. The summed E-state index contributed by atoms with van der Waals surface area (Å²) in [5.41, 5.74) is 0.586. The van der Waals surface area contributed by atoms with Gasteiger partial charge in [0.15, 0.2) is 11.5 Å². The number of halogens is 2. The summed E-state index contributed by atoms with van der Waals surface area (Å²) in [6, 6.07) is 4.25. The molecule has 0 bridgehead atoms. The van der Waals surface area contributed by atoms with Crippen molar-refractivity contribution in [1.29, 1.82) is 0 Å². The molecule has 2 rings (SSSR count). The van der Waals surface area contributed by atoms with Gasteiger partial charge in [-0.2, -0.15) is 13.9 Å². The molecule has 0 unspecified atom stereocenters. The number of ether oxygens (including phenoxy) is 2. The van der Waals surface area contributed by atoms with Crippen LogP contribution in [0.15, 0.2) is 35.5 Å². The van der Waals surface area contributed by atoms with Crippen LogP contribution in [-0.2, 0) is 27.9 Å². The number of carbonyl (C=O) groups is 1. The number of hydrogen-bond acceptors (Lipinski definition) is 6. The van der Waals surface area contributed by atoms with Crippen LogP contribution in [0.3, 0.4) is 0 Å². The van der Waals surface area contributed by atoms with Gasteiger partial charge in [-0.3, -0.25) is 9.48 Å². The highest BCUT2D eigenvalue weighted by molar-refractivity contribution is 7.89. The number of alkyl halides is 2. The van der Waals surface area contributed by atoms with Crippen molar-refractivity contribution < 1.29 is 31.5 Å². The topological polar surface area (TPSA) is 126 Å². The van der Waals surface area contributed by atoms with Gasteiger partial charge < -0.3 is 14.8 Å². The van der Waals surface area contributed by atoms with E-state index < -0.39 is 22.5 Å². The maximum absolute atomic E-state index is 12.3. The van der Waals surface area contributed by atoms with E-state index in [0.29, 0.717) is 5.56 Å². The van der Waals surface area contributed by atoms with Crippen LogP contribution in [0.4, 0.5) is 8.78 Å². The fraction of sp³-hybridized carbons (Fsp3) is 0.286. The highest BCUT2D eigenvalue weighted by Crippen LogP contribution is 2.29. The van der Waals surface area contributed by atoms with E-state index in [2.05, 4.69) is 15.2 Å². The second kappa shape index (κ2) is 8.10. The Morgan fingerprint density at radius 1 is 1.38 bits per heavy atom. The average Bonchev–Trinajstić information content (AvgIpc) is 3.02. The van der Waals surface area contributed by atoms with Crippen LogP contribution in [0.25, 0.3) is 0 Å². The van der Waals surface area contributed by atoms with Gasteiger partial charge in [0, 0.05) is 12.7 Å². The molecule has 0 fully saturated rings. The molecule has 0 aliphatic rings. The minimum absolute atomic E-state index is 0.0907. The molecule has 142 valence electrons. The van der Waals surface area contributed by atoms with Gasteiger partial charge in [0.25, 0.3) is 0 Å². The summed E-state index contributed by atoms with van der Waals surface area (Å²) in [5, 5.41) is 11.3. The number of aromatic nitrogens is 2. The lowest BCUT2D eigenvalue weighted by atomic mass is 10.2. The van der Waals surface area contributed by atoms with Crippen LogP contribution < -0.4 is 19.9 Å². The SMILES string of the molecule is COc1cc(CNC(=O)Cn2cc(S(N)(=O)=O)cn2)ccc1OC(F)F. The lowest BCUT2D eigenvalue weighted by Crippen LogP contribution is -2.27. The summed E-state index contributed by atoms with van der Waals surface area (Å²) in [7, 11) is -2.59. The second-order valence-corrected chi connectivity index (χ2v) is 6.62. The monoisotopic (exact) mass is 390 g/mol. The van der Waals surface area contributed by atoms with Gasteiger partial charge in [-0.15, -0.1) is 0 Å². The number of rotatable bonds is 8. The van der Waals surface area contributed by atoms with Crippen molar-refractivity contribution in [2.45, 2.75) is 24.6 Å². The number of nitrogens with zero attached hydrogens (tertiary/aromatic N) is 2. The minimum atomic E-state index is -3.89. The number of methoxy groups -OCH3 is 1. The summed E-state index contributed by atoms with van der Waals surface area (Å²) >= 11 is 0. The third-order valence-corrected chi connectivity index (χ3v) is 4.05. The van der Waals surface area contributed by atoms with Crippen LogP contribution in [0, 0.1) is 0 Å². The maximum atomic E-state index is 12.3. The van der Waals surface area contributed by atoms with Gasteiger partial charge in [0.05, 0.1) is 13.3 Å². The molecule has 0 aliphatic heterocycles. The molecule has 9 nitrogen and oxygen atoms in total. The first-order chi connectivity index (χ1) is 12.2. The van der Waals surface area contributed by atoms with Gasteiger partial charge in [0.2, 0.25) is 15.9 Å². The van der Waals surface area contributed by atoms with Crippen molar-refractivity contribution in [3.63, 3.8) is 0 Å². The molecule has 1 amide bonds. The van der Waals surface area contributed by atoms with E-state index in [-0.39, 0.29) is 29.5 Å². The Balaban J connectivity index is 1.95. The number of carbonyl (C=O) groups excluding carboxylic acids is 1. The Labute approximate surface area is 147 Å². The molecular weight excluding hydrogens is 374 g/mol. The third kappa shape index (κ3) is 5.39. The molecule has 26 heavy (non-hydrogen) atoms. The maximum Gasteiger partial charge on any atom is 0.387 e. The quantitative estimate of drug-likeness (QED) is 0.674. The number of sulfonamides is 1. The summed E-state index contributed by atoms with van der Waals surface area (Å²) in [4.78, 5) is 11.7. The number of primary sulfonamides is 1. The lowest BCUT2D eigenvalue weighted by Gasteiger charge is -2.12. The molecule has 0 saturated heterocycles. The fourth-order valence-corrected chi connectivity index (χ4v) is 2.46. The molecule has 0 atom stereocenters. The number of nitrogens with two attached hydrogens (primary N) is 1. The molecular formula is C14H16F2N4O5S. The highest BCUT2D eigenvalue weighted by Gasteiger charge is 2.13. The highest BCUT2D eigenvalue weighted by atomic mass is 32.2. The van der Waals surface area contributed by atoms with Crippen LogP contribution in [0.2, 0.25) is 0 Å².